The number of allylic oxidation sites excluding steroid dienone is 6. The summed E-state index contributed by atoms with van der Waals surface area (Å²) in [5.41, 5.74) is 28.2. The molecular formula is C70H54N2. The second-order valence-corrected chi connectivity index (χ2v) is 20.3. The minimum Gasteiger partial charge on any atom is -0.355 e. The number of hydrogen-bond donors (Lipinski definition) is 1. The van der Waals surface area contributed by atoms with Crippen molar-refractivity contribution in [2.45, 2.75) is 43.9 Å². The summed E-state index contributed by atoms with van der Waals surface area (Å²) in [5, 5.41) is 3.92. The van der Waals surface area contributed by atoms with Gasteiger partial charge in [0.05, 0.1) is 5.41 Å². The lowest BCUT2D eigenvalue weighted by molar-refractivity contribution is 0.618. The van der Waals surface area contributed by atoms with Crippen molar-refractivity contribution in [1.29, 1.82) is 0 Å². The molecule has 344 valence electrons. The van der Waals surface area contributed by atoms with E-state index in [1.54, 1.807) is 0 Å². The van der Waals surface area contributed by atoms with Crippen LogP contribution >= 0.6 is 0 Å². The van der Waals surface area contributed by atoms with Gasteiger partial charge in [-0.25, -0.2) is 0 Å². The molecule has 9 aromatic rings. The monoisotopic (exact) mass is 922 g/mol. The van der Waals surface area contributed by atoms with Crippen LogP contribution in [-0.2, 0) is 11.8 Å². The molecule has 0 bridgehead atoms. The van der Waals surface area contributed by atoms with Crippen molar-refractivity contribution in [2.24, 2.45) is 5.92 Å². The molecule has 0 amide bonds. The minimum atomic E-state index is -0.345. The van der Waals surface area contributed by atoms with Gasteiger partial charge >= 0.3 is 0 Å². The first kappa shape index (κ1) is 42.4. The predicted molar refractivity (Wildman–Crippen MR) is 303 cm³/mol. The van der Waals surface area contributed by atoms with Crippen molar-refractivity contribution in [3.63, 3.8) is 0 Å². The standard InChI is InChI=1S/C70H54N2/c1-46-27-28-51-17-5-7-19-57(51)68(46)69-58-20-8-6-18-52(58)35-44-67(69)71-53-36-29-48(30-37-53)50-33-40-55(41-34-50)72(54-38-31-49(32-39-54)47-15-3-2-4-16-47)56-42-43-62-61-23-11-14-26-65(61)70(66(62)45-56)63-24-12-9-21-59(63)60-22-10-13-25-64(60)70/h2-5,7-12,14-17,19-24,26-46,68,71H,6,13,18,25H2,1H3. The van der Waals surface area contributed by atoms with Crippen molar-refractivity contribution in [1.82, 2.24) is 0 Å². The second-order valence-electron chi connectivity index (χ2n) is 20.3. The van der Waals surface area contributed by atoms with E-state index in [0.717, 1.165) is 48.4 Å². The normalized spacial score (nSPS) is 18.5. The second kappa shape index (κ2) is 17.1. The number of fused-ring (bicyclic) bond motifs is 11. The Bertz CT molecular complexity index is 3720. The molecule has 0 radical (unpaired) electrons. The highest BCUT2D eigenvalue weighted by molar-refractivity contribution is 5.98. The first-order valence-corrected chi connectivity index (χ1v) is 25.9. The van der Waals surface area contributed by atoms with Gasteiger partial charge in [0.25, 0.3) is 0 Å². The van der Waals surface area contributed by atoms with E-state index in [9.17, 15) is 0 Å². The molecule has 0 aliphatic heterocycles. The van der Waals surface area contributed by atoms with E-state index in [4.69, 9.17) is 0 Å². The van der Waals surface area contributed by atoms with Gasteiger partial charge < -0.3 is 10.2 Å². The fourth-order valence-electron chi connectivity index (χ4n) is 13.1. The fourth-order valence-corrected chi connectivity index (χ4v) is 13.1. The molecule has 0 heterocycles. The molecule has 3 unspecified atom stereocenters. The van der Waals surface area contributed by atoms with Gasteiger partial charge in [-0.15, -0.1) is 0 Å². The number of nitrogens with zero attached hydrogens (tertiary/aromatic N) is 1. The van der Waals surface area contributed by atoms with Crippen LogP contribution in [0.2, 0.25) is 0 Å². The van der Waals surface area contributed by atoms with Crippen LogP contribution in [0.25, 0.3) is 51.1 Å². The molecular weight excluding hydrogens is 869 g/mol. The van der Waals surface area contributed by atoms with Crippen molar-refractivity contribution >= 4 is 46.2 Å². The van der Waals surface area contributed by atoms with Crippen LogP contribution in [0.4, 0.5) is 28.4 Å². The van der Waals surface area contributed by atoms with Gasteiger partial charge in [-0.3, -0.25) is 0 Å². The van der Waals surface area contributed by atoms with Crippen molar-refractivity contribution in [3.8, 4) is 33.4 Å². The van der Waals surface area contributed by atoms with Crippen LogP contribution in [0.5, 0.6) is 0 Å². The molecule has 0 aromatic heterocycles. The Balaban J connectivity index is 0.832. The highest BCUT2D eigenvalue weighted by Gasteiger charge is 2.52. The number of nitrogens with one attached hydrogen (secondary N) is 1. The molecule has 5 aliphatic rings. The largest absolute Gasteiger partial charge is 0.355 e. The predicted octanol–water partition coefficient (Wildman–Crippen LogP) is 18.4. The van der Waals surface area contributed by atoms with Gasteiger partial charge in [0, 0.05) is 34.4 Å². The molecule has 0 fully saturated rings. The van der Waals surface area contributed by atoms with Gasteiger partial charge in [0.2, 0.25) is 0 Å². The number of benzene rings is 9. The molecule has 5 aliphatic carbocycles. The third-order valence-corrected chi connectivity index (χ3v) is 16.4. The topological polar surface area (TPSA) is 15.3 Å². The maximum atomic E-state index is 3.92. The summed E-state index contributed by atoms with van der Waals surface area (Å²) < 4.78 is 0. The van der Waals surface area contributed by atoms with Crippen LogP contribution in [0.1, 0.15) is 82.2 Å². The summed E-state index contributed by atoms with van der Waals surface area (Å²) in [4.78, 5) is 2.45. The van der Waals surface area contributed by atoms with Gasteiger partial charge in [0.15, 0.2) is 0 Å². The van der Waals surface area contributed by atoms with E-state index in [1.165, 1.54) is 100 Å². The van der Waals surface area contributed by atoms with Crippen LogP contribution in [0.3, 0.4) is 0 Å². The molecule has 1 N–H and O–H groups in total. The lowest BCUT2D eigenvalue weighted by Crippen LogP contribution is -2.28. The number of aryl methyl sites for hydroxylation is 1. The van der Waals surface area contributed by atoms with Crippen molar-refractivity contribution in [2.75, 3.05) is 10.2 Å². The summed E-state index contributed by atoms with van der Waals surface area (Å²) in [7, 11) is 0. The summed E-state index contributed by atoms with van der Waals surface area (Å²) in [6, 6.07) is 77.1. The molecule has 9 aromatic carbocycles. The SMILES string of the molecule is CC1C=Cc2ccccc2C1c1c(Nc2ccc(-c3ccc(N(c4ccc(-c5ccccc5)cc4)c4ccc5c(c4)C4(C6=C(C=CCC6)c6ccccc64)c4ccccc4-5)cc3)cc2)ccc2c1C=CCC2. The minimum absolute atomic E-state index is 0.263. The Morgan fingerprint density at radius 1 is 0.486 bits per heavy atom. The fraction of sp³-hybridized carbons (Fsp3) is 0.114. The van der Waals surface area contributed by atoms with Crippen LogP contribution in [0.15, 0.2) is 236 Å². The lowest BCUT2D eigenvalue weighted by atomic mass is 9.68. The zero-order valence-corrected chi connectivity index (χ0v) is 40.5. The van der Waals surface area contributed by atoms with Gasteiger partial charge in [-0.1, -0.05) is 195 Å². The highest BCUT2D eigenvalue weighted by atomic mass is 15.1. The summed E-state index contributed by atoms with van der Waals surface area (Å²) in [6.07, 6.45) is 18.4. The Hall–Kier alpha value is -8.46. The van der Waals surface area contributed by atoms with Crippen molar-refractivity contribution < 1.29 is 0 Å². The van der Waals surface area contributed by atoms with Crippen LogP contribution in [-0.4, -0.2) is 0 Å². The first-order valence-electron chi connectivity index (χ1n) is 25.9. The zero-order chi connectivity index (χ0) is 47.8. The van der Waals surface area contributed by atoms with Crippen molar-refractivity contribution in [3.05, 3.63) is 286 Å². The molecule has 3 atom stereocenters. The maximum absolute atomic E-state index is 3.92. The molecule has 14 rings (SSSR count). The lowest BCUT2D eigenvalue weighted by Gasteiger charge is -2.34. The van der Waals surface area contributed by atoms with E-state index in [2.05, 4.69) is 260 Å². The van der Waals surface area contributed by atoms with E-state index in [1.807, 2.05) is 0 Å². The van der Waals surface area contributed by atoms with E-state index < -0.39 is 0 Å². The summed E-state index contributed by atoms with van der Waals surface area (Å²) in [5.74, 6) is 0.636. The molecule has 2 nitrogen and oxygen atoms in total. The van der Waals surface area contributed by atoms with Crippen LogP contribution < -0.4 is 10.2 Å². The van der Waals surface area contributed by atoms with Crippen LogP contribution in [0, 0.1) is 5.92 Å². The molecule has 0 saturated carbocycles. The molecule has 72 heavy (non-hydrogen) atoms. The number of rotatable bonds is 8. The Kier molecular flexibility index (Phi) is 10.1. The molecule has 2 heteroatoms. The summed E-state index contributed by atoms with van der Waals surface area (Å²) in [6.45, 7) is 2.37. The Morgan fingerprint density at radius 2 is 1.08 bits per heavy atom. The third-order valence-electron chi connectivity index (χ3n) is 16.4. The van der Waals surface area contributed by atoms with Gasteiger partial charge in [-0.05, 0) is 181 Å². The van der Waals surface area contributed by atoms with Gasteiger partial charge in [-0.2, -0.15) is 0 Å². The van der Waals surface area contributed by atoms with E-state index in [-0.39, 0.29) is 11.3 Å². The molecule has 0 saturated heterocycles. The Labute approximate surface area is 423 Å². The van der Waals surface area contributed by atoms with Gasteiger partial charge in [0.1, 0.15) is 0 Å². The number of anilines is 5. The zero-order valence-electron chi connectivity index (χ0n) is 40.5. The van der Waals surface area contributed by atoms with E-state index in [0.29, 0.717) is 5.92 Å². The molecule has 1 spiro atoms. The highest BCUT2D eigenvalue weighted by Crippen LogP contribution is 2.64. The first-order chi connectivity index (χ1) is 35.6. The quantitative estimate of drug-likeness (QED) is 0.163. The third kappa shape index (κ3) is 6.70. The van der Waals surface area contributed by atoms with E-state index >= 15 is 0 Å². The number of hydrogen-bond acceptors (Lipinski definition) is 2. The average Bonchev–Trinajstić information content (AvgIpc) is 3.91. The summed E-state index contributed by atoms with van der Waals surface area (Å²) >= 11 is 0. The average molecular weight is 923 g/mol. The maximum Gasteiger partial charge on any atom is 0.0689 e. The Morgan fingerprint density at radius 3 is 1.85 bits per heavy atom. The smallest absolute Gasteiger partial charge is 0.0689 e.